The maximum absolute atomic E-state index is 12.6. The number of hydrogen-bond acceptors (Lipinski definition) is 3. The van der Waals surface area contributed by atoms with E-state index in [-0.39, 0.29) is 12.2 Å². The third-order valence-electron chi connectivity index (χ3n) is 4.26. The molecule has 0 aliphatic carbocycles. The lowest BCUT2D eigenvalue weighted by molar-refractivity contribution is -0.137. The highest BCUT2D eigenvalue weighted by Crippen LogP contribution is 2.19. The number of rotatable bonds is 6. The molecule has 1 aromatic carbocycles. The highest BCUT2D eigenvalue weighted by atomic mass is 16.4. The number of carbonyl (C=O) groups excluding carboxylic acids is 1. The van der Waals surface area contributed by atoms with Gasteiger partial charge in [0.05, 0.1) is 6.42 Å². The Morgan fingerprint density at radius 3 is 2.43 bits per heavy atom. The zero-order valence-corrected chi connectivity index (χ0v) is 12.8. The van der Waals surface area contributed by atoms with Crippen molar-refractivity contribution in [2.24, 2.45) is 5.92 Å². The van der Waals surface area contributed by atoms with Crippen molar-refractivity contribution in [2.75, 3.05) is 19.6 Å². The predicted octanol–water partition coefficient (Wildman–Crippen LogP) is 2.67. The number of Topliss-reactive ketones (excluding diaryl/α,β-unsaturated/α-hetero) is 1. The molecule has 1 aromatic rings. The van der Waals surface area contributed by atoms with E-state index in [4.69, 9.17) is 5.11 Å². The van der Waals surface area contributed by atoms with Crippen molar-refractivity contribution in [1.82, 2.24) is 4.90 Å². The molecule has 21 heavy (non-hydrogen) atoms. The van der Waals surface area contributed by atoms with E-state index >= 15 is 0 Å². The van der Waals surface area contributed by atoms with Gasteiger partial charge >= 0.3 is 5.97 Å². The molecule has 0 radical (unpaired) electrons. The minimum Gasteiger partial charge on any atom is -0.481 e. The van der Waals surface area contributed by atoms with E-state index in [1.165, 1.54) is 0 Å². The van der Waals surface area contributed by atoms with Crippen LogP contribution in [0.5, 0.6) is 0 Å². The Morgan fingerprint density at radius 2 is 1.86 bits per heavy atom. The predicted molar refractivity (Wildman–Crippen MR) is 81.7 cm³/mol. The first-order chi connectivity index (χ1) is 9.97. The van der Waals surface area contributed by atoms with Gasteiger partial charge in [-0.25, -0.2) is 0 Å². The normalized spacial score (nSPS) is 16.9. The van der Waals surface area contributed by atoms with Crippen molar-refractivity contribution in [2.45, 2.75) is 33.1 Å². The standard InChI is InChI=1S/C17H23NO3/c1-12-5-6-14(9-13(12)2)17(21)15(10-16(19)20)11-18-7-3-4-8-18/h5-6,9,15H,3-4,7-8,10-11H2,1-2H3,(H,19,20). The molecule has 4 heteroatoms. The number of carbonyl (C=O) groups is 2. The number of aryl methyl sites for hydroxylation is 2. The highest BCUT2D eigenvalue weighted by Gasteiger charge is 2.26. The summed E-state index contributed by atoms with van der Waals surface area (Å²) in [6.07, 6.45) is 2.18. The van der Waals surface area contributed by atoms with Gasteiger partial charge in [-0.2, -0.15) is 0 Å². The highest BCUT2D eigenvalue weighted by molar-refractivity contribution is 5.99. The Hall–Kier alpha value is -1.68. The summed E-state index contributed by atoms with van der Waals surface area (Å²) in [5.41, 5.74) is 2.83. The fourth-order valence-electron chi connectivity index (χ4n) is 2.86. The summed E-state index contributed by atoms with van der Waals surface area (Å²) >= 11 is 0. The second-order valence-electron chi connectivity index (χ2n) is 5.97. The number of likely N-dealkylation sites (tertiary alicyclic amines) is 1. The van der Waals surface area contributed by atoms with E-state index in [0.717, 1.165) is 37.1 Å². The third-order valence-corrected chi connectivity index (χ3v) is 4.26. The van der Waals surface area contributed by atoms with Crippen molar-refractivity contribution < 1.29 is 14.7 Å². The Balaban J connectivity index is 2.15. The number of ketones is 1. The van der Waals surface area contributed by atoms with Gasteiger partial charge in [0.15, 0.2) is 5.78 Å². The van der Waals surface area contributed by atoms with Crippen LogP contribution in [0.4, 0.5) is 0 Å². The molecule has 2 rings (SSSR count). The minimum atomic E-state index is -0.906. The number of carboxylic acid groups (broad SMARTS) is 1. The van der Waals surface area contributed by atoms with Crippen molar-refractivity contribution >= 4 is 11.8 Å². The van der Waals surface area contributed by atoms with Crippen LogP contribution in [0.3, 0.4) is 0 Å². The summed E-state index contributed by atoms with van der Waals surface area (Å²) in [5.74, 6) is -1.41. The number of hydrogen-bond donors (Lipinski definition) is 1. The monoisotopic (exact) mass is 289 g/mol. The molecule has 1 fully saturated rings. The molecular weight excluding hydrogens is 266 g/mol. The van der Waals surface area contributed by atoms with Crippen LogP contribution in [0.25, 0.3) is 0 Å². The van der Waals surface area contributed by atoms with Gasteiger partial charge in [0.2, 0.25) is 0 Å². The number of carboxylic acids is 1. The van der Waals surface area contributed by atoms with Gasteiger partial charge in [0.25, 0.3) is 0 Å². The molecule has 114 valence electrons. The number of nitrogens with zero attached hydrogens (tertiary/aromatic N) is 1. The fraction of sp³-hybridized carbons (Fsp3) is 0.529. The summed E-state index contributed by atoms with van der Waals surface area (Å²) in [4.78, 5) is 25.9. The van der Waals surface area contributed by atoms with Crippen LogP contribution in [-0.4, -0.2) is 41.4 Å². The van der Waals surface area contributed by atoms with E-state index in [0.29, 0.717) is 12.1 Å². The zero-order valence-electron chi connectivity index (χ0n) is 12.8. The van der Waals surface area contributed by atoms with Gasteiger partial charge in [-0.3, -0.25) is 9.59 Å². The van der Waals surface area contributed by atoms with Crippen LogP contribution in [0.15, 0.2) is 18.2 Å². The first-order valence-corrected chi connectivity index (χ1v) is 7.53. The van der Waals surface area contributed by atoms with Crippen molar-refractivity contribution in [3.63, 3.8) is 0 Å². The number of benzene rings is 1. The van der Waals surface area contributed by atoms with Crippen molar-refractivity contribution in [1.29, 1.82) is 0 Å². The number of aliphatic carboxylic acids is 1. The second kappa shape index (κ2) is 6.85. The summed E-state index contributed by atoms with van der Waals surface area (Å²) in [5, 5.41) is 9.08. The second-order valence-corrected chi connectivity index (χ2v) is 5.97. The van der Waals surface area contributed by atoms with Gasteiger partial charge < -0.3 is 10.0 Å². The molecule has 1 atom stereocenters. The van der Waals surface area contributed by atoms with Crippen LogP contribution in [0.1, 0.15) is 40.7 Å². The first-order valence-electron chi connectivity index (χ1n) is 7.53. The van der Waals surface area contributed by atoms with Gasteiger partial charge in [-0.1, -0.05) is 12.1 Å². The quantitative estimate of drug-likeness (QED) is 0.818. The maximum atomic E-state index is 12.6. The minimum absolute atomic E-state index is 0.0487. The molecule has 1 unspecified atom stereocenters. The fourth-order valence-corrected chi connectivity index (χ4v) is 2.86. The Kier molecular flexibility index (Phi) is 5.12. The molecule has 1 saturated heterocycles. The first kappa shape index (κ1) is 15.7. The van der Waals surface area contributed by atoms with Crippen LogP contribution in [-0.2, 0) is 4.79 Å². The SMILES string of the molecule is Cc1ccc(C(=O)C(CC(=O)O)CN2CCCC2)cc1C. The van der Waals surface area contributed by atoms with Crippen LogP contribution >= 0.6 is 0 Å². The lowest BCUT2D eigenvalue weighted by atomic mass is 9.92. The lowest BCUT2D eigenvalue weighted by Crippen LogP contribution is -2.32. The van der Waals surface area contributed by atoms with Crippen LogP contribution < -0.4 is 0 Å². The zero-order chi connectivity index (χ0) is 15.4. The largest absolute Gasteiger partial charge is 0.481 e. The summed E-state index contributed by atoms with van der Waals surface area (Å²) < 4.78 is 0. The van der Waals surface area contributed by atoms with Gasteiger partial charge in [-0.05, 0) is 57.0 Å². The topological polar surface area (TPSA) is 57.6 Å². The summed E-state index contributed by atoms with van der Waals surface area (Å²) in [6.45, 7) is 6.46. The Labute approximate surface area is 125 Å². The molecule has 1 aliphatic rings. The van der Waals surface area contributed by atoms with E-state index in [1.807, 2.05) is 32.0 Å². The van der Waals surface area contributed by atoms with E-state index in [9.17, 15) is 9.59 Å². The molecule has 0 aromatic heterocycles. The molecule has 1 aliphatic heterocycles. The average molecular weight is 289 g/mol. The lowest BCUT2D eigenvalue weighted by Gasteiger charge is -2.21. The summed E-state index contributed by atoms with van der Waals surface area (Å²) in [7, 11) is 0. The molecule has 0 bridgehead atoms. The van der Waals surface area contributed by atoms with Crippen LogP contribution in [0.2, 0.25) is 0 Å². The molecule has 0 amide bonds. The Morgan fingerprint density at radius 1 is 1.19 bits per heavy atom. The molecule has 0 spiro atoms. The summed E-state index contributed by atoms with van der Waals surface area (Å²) in [6, 6.07) is 5.61. The van der Waals surface area contributed by atoms with Gasteiger partial charge in [0, 0.05) is 18.0 Å². The van der Waals surface area contributed by atoms with E-state index < -0.39 is 11.9 Å². The third kappa shape index (κ3) is 4.14. The van der Waals surface area contributed by atoms with E-state index in [2.05, 4.69) is 4.90 Å². The van der Waals surface area contributed by atoms with Crippen molar-refractivity contribution in [3.05, 3.63) is 34.9 Å². The van der Waals surface area contributed by atoms with Crippen molar-refractivity contribution in [3.8, 4) is 0 Å². The Bertz CT molecular complexity index is 533. The van der Waals surface area contributed by atoms with Gasteiger partial charge in [0.1, 0.15) is 0 Å². The molecule has 0 saturated carbocycles. The molecule has 1 heterocycles. The van der Waals surface area contributed by atoms with Gasteiger partial charge in [-0.15, -0.1) is 0 Å². The smallest absolute Gasteiger partial charge is 0.304 e. The van der Waals surface area contributed by atoms with Crippen LogP contribution in [0, 0.1) is 19.8 Å². The molecule has 4 nitrogen and oxygen atoms in total. The maximum Gasteiger partial charge on any atom is 0.304 e. The molecular formula is C17H23NO3. The molecule has 1 N–H and O–H groups in total. The van der Waals surface area contributed by atoms with E-state index in [1.54, 1.807) is 0 Å². The average Bonchev–Trinajstić information content (AvgIpc) is 2.93.